The molecule has 1 aromatic carbocycles. The zero-order valence-corrected chi connectivity index (χ0v) is 10.5. The Morgan fingerprint density at radius 1 is 1.28 bits per heavy atom. The van der Waals surface area contributed by atoms with Gasteiger partial charge in [-0.1, -0.05) is 30.3 Å². The Balaban J connectivity index is 2.31. The molecule has 5 heteroatoms. The zero-order valence-electron chi connectivity index (χ0n) is 10.5. The summed E-state index contributed by atoms with van der Waals surface area (Å²) < 4.78 is 9.65. The summed E-state index contributed by atoms with van der Waals surface area (Å²) in [5, 5.41) is 0. The third-order valence-corrected chi connectivity index (χ3v) is 2.14. The van der Waals surface area contributed by atoms with E-state index in [4.69, 9.17) is 4.74 Å². The number of nitrogens with zero attached hydrogens (tertiary/aromatic N) is 1. The number of esters is 1. The molecule has 0 unspecified atom stereocenters. The van der Waals surface area contributed by atoms with E-state index >= 15 is 0 Å². The van der Waals surface area contributed by atoms with E-state index in [-0.39, 0.29) is 13.2 Å². The predicted molar refractivity (Wildman–Crippen MR) is 65.3 cm³/mol. The molecule has 18 heavy (non-hydrogen) atoms. The molecule has 1 amide bonds. The molecule has 0 fully saturated rings. The van der Waals surface area contributed by atoms with Crippen LogP contribution >= 0.6 is 0 Å². The van der Waals surface area contributed by atoms with E-state index in [2.05, 4.69) is 4.74 Å². The Morgan fingerprint density at radius 3 is 2.56 bits per heavy atom. The van der Waals surface area contributed by atoms with E-state index in [9.17, 15) is 9.59 Å². The monoisotopic (exact) mass is 250 g/mol. The van der Waals surface area contributed by atoms with E-state index in [1.165, 1.54) is 13.7 Å². The van der Waals surface area contributed by atoms with Crippen LogP contribution < -0.4 is 0 Å². The average Bonchev–Trinajstić information content (AvgIpc) is 2.38. The minimum Gasteiger partial charge on any atom is -0.459 e. The van der Waals surface area contributed by atoms with E-state index in [0.29, 0.717) is 0 Å². The lowest BCUT2D eigenvalue weighted by Crippen LogP contribution is -2.32. The maximum Gasteiger partial charge on any atom is 0.410 e. The minimum absolute atomic E-state index is 0.139. The maximum absolute atomic E-state index is 11.5. The van der Waals surface area contributed by atoms with E-state index in [1.54, 1.807) is 6.92 Å². The quantitative estimate of drug-likeness (QED) is 0.750. The Kier molecular flexibility index (Phi) is 5.70. The number of benzene rings is 1. The third kappa shape index (κ3) is 4.86. The summed E-state index contributed by atoms with van der Waals surface area (Å²) in [6.07, 6.45) is -0.589. The molecule has 1 rings (SSSR count). The van der Waals surface area contributed by atoms with Crippen molar-refractivity contribution in [1.82, 2.24) is 4.90 Å². The summed E-state index contributed by atoms with van der Waals surface area (Å²) in [7, 11) is 1.47. The van der Waals surface area contributed by atoms with Crippen LogP contribution in [0.4, 0.5) is 4.79 Å². The van der Waals surface area contributed by atoms with Gasteiger partial charge in [0.1, 0.15) is 19.8 Å². The van der Waals surface area contributed by atoms with Crippen LogP contribution in [0, 0.1) is 6.61 Å². The zero-order chi connectivity index (χ0) is 13.4. The number of carbonyl (C=O) groups is 2. The molecule has 1 aromatic rings. The van der Waals surface area contributed by atoms with Gasteiger partial charge in [0, 0.05) is 7.05 Å². The van der Waals surface area contributed by atoms with Crippen LogP contribution in [0.1, 0.15) is 12.5 Å². The Hall–Kier alpha value is -2.04. The van der Waals surface area contributed by atoms with Crippen molar-refractivity contribution in [2.24, 2.45) is 0 Å². The summed E-state index contributed by atoms with van der Waals surface area (Å²) in [4.78, 5) is 23.8. The fraction of sp³-hybridized carbons (Fsp3) is 0.308. The van der Waals surface area contributed by atoms with Crippen LogP contribution in [0.3, 0.4) is 0 Å². The highest BCUT2D eigenvalue weighted by Gasteiger charge is 2.14. The second-order valence-corrected chi connectivity index (χ2v) is 3.62. The molecule has 0 aliphatic carbocycles. The van der Waals surface area contributed by atoms with Gasteiger partial charge < -0.3 is 14.4 Å². The summed E-state index contributed by atoms with van der Waals surface area (Å²) in [6, 6.07) is 9.33. The van der Waals surface area contributed by atoms with Crippen molar-refractivity contribution >= 4 is 12.1 Å². The summed E-state index contributed by atoms with van der Waals surface area (Å²) in [6.45, 7) is 2.90. The fourth-order valence-electron chi connectivity index (χ4n) is 1.23. The first kappa shape index (κ1) is 14.0. The Labute approximate surface area is 106 Å². The highest BCUT2D eigenvalue weighted by molar-refractivity contribution is 5.77. The van der Waals surface area contributed by atoms with Gasteiger partial charge >= 0.3 is 12.1 Å². The number of hydrogen-bond donors (Lipinski definition) is 0. The summed E-state index contributed by atoms with van der Waals surface area (Å²) >= 11 is 0. The van der Waals surface area contributed by atoms with Gasteiger partial charge in [-0.25, -0.2) is 4.79 Å². The summed E-state index contributed by atoms with van der Waals surface area (Å²) in [5.74, 6) is -0.477. The Bertz CT molecular complexity index is 391. The van der Waals surface area contributed by atoms with Crippen LogP contribution in [-0.4, -0.2) is 30.6 Å². The summed E-state index contributed by atoms with van der Waals surface area (Å²) in [5.41, 5.74) is 0.901. The average molecular weight is 250 g/mol. The molecule has 5 nitrogen and oxygen atoms in total. The normalized spacial score (nSPS) is 9.67. The molecule has 0 saturated carbocycles. The van der Waals surface area contributed by atoms with Crippen LogP contribution in [0.5, 0.6) is 0 Å². The van der Waals surface area contributed by atoms with Gasteiger partial charge in [0.2, 0.25) is 0 Å². The van der Waals surface area contributed by atoms with Crippen molar-refractivity contribution in [3.05, 3.63) is 42.5 Å². The molecule has 0 N–H and O–H groups in total. The van der Waals surface area contributed by atoms with Crippen molar-refractivity contribution in [2.45, 2.75) is 13.5 Å². The molecular formula is C13H16NO4. The van der Waals surface area contributed by atoms with Gasteiger partial charge in [0.25, 0.3) is 0 Å². The molecule has 97 valence electrons. The second-order valence-electron chi connectivity index (χ2n) is 3.62. The first-order chi connectivity index (χ1) is 8.63. The lowest BCUT2D eigenvalue weighted by molar-refractivity contribution is -0.145. The molecule has 0 aliphatic rings. The van der Waals surface area contributed by atoms with Crippen LogP contribution in [0.15, 0.2) is 30.3 Å². The lowest BCUT2D eigenvalue weighted by atomic mass is 10.2. The van der Waals surface area contributed by atoms with E-state index in [0.717, 1.165) is 10.5 Å². The minimum atomic E-state index is -0.589. The van der Waals surface area contributed by atoms with Crippen LogP contribution in [-0.2, 0) is 20.9 Å². The molecular weight excluding hydrogens is 234 g/mol. The molecule has 0 aromatic heterocycles. The number of ether oxygens (including phenoxy) is 2. The molecule has 1 radical (unpaired) electrons. The van der Waals surface area contributed by atoms with Gasteiger partial charge in [0.05, 0.1) is 0 Å². The predicted octanol–water partition coefficient (Wildman–Crippen LogP) is 1.98. The second kappa shape index (κ2) is 7.32. The van der Waals surface area contributed by atoms with Crippen LogP contribution in [0.2, 0.25) is 0 Å². The topological polar surface area (TPSA) is 55.8 Å². The largest absolute Gasteiger partial charge is 0.459 e. The van der Waals surface area contributed by atoms with Gasteiger partial charge in [-0.15, -0.1) is 0 Å². The van der Waals surface area contributed by atoms with Gasteiger partial charge in [-0.2, -0.15) is 0 Å². The first-order valence-electron chi connectivity index (χ1n) is 5.52. The van der Waals surface area contributed by atoms with Gasteiger partial charge in [-0.05, 0) is 12.5 Å². The molecule has 0 bridgehead atoms. The molecule has 0 saturated heterocycles. The van der Waals surface area contributed by atoms with E-state index in [1.807, 2.05) is 30.3 Å². The molecule has 0 heterocycles. The number of rotatable bonds is 5. The smallest absolute Gasteiger partial charge is 0.410 e. The highest BCUT2D eigenvalue weighted by Crippen LogP contribution is 2.01. The van der Waals surface area contributed by atoms with Crippen molar-refractivity contribution < 1.29 is 19.1 Å². The molecule has 0 atom stereocenters. The number of likely N-dealkylation sites (N-methyl/N-ethyl adjacent to an activating group) is 1. The number of hydrogen-bond acceptors (Lipinski definition) is 4. The number of amides is 1. The van der Waals surface area contributed by atoms with Crippen molar-refractivity contribution in [3.8, 4) is 0 Å². The highest BCUT2D eigenvalue weighted by atomic mass is 16.6. The van der Waals surface area contributed by atoms with Crippen molar-refractivity contribution in [1.29, 1.82) is 0 Å². The van der Waals surface area contributed by atoms with Crippen molar-refractivity contribution in [3.63, 3.8) is 0 Å². The first-order valence-corrected chi connectivity index (χ1v) is 5.52. The van der Waals surface area contributed by atoms with Gasteiger partial charge in [0.15, 0.2) is 0 Å². The SMILES string of the molecule is C[CH]OC(=O)N(C)CC(=O)OCc1ccccc1. The molecule has 0 aliphatic heterocycles. The molecule has 0 spiro atoms. The lowest BCUT2D eigenvalue weighted by Gasteiger charge is -2.15. The van der Waals surface area contributed by atoms with Crippen molar-refractivity contribution in [2.75, 3.05) is 13.6 Å². The maximum atomic E-state index is 11.5. The van der Waals surface area contributed by atoms with Gasteiger partial charge in [-0.3, -0.25) is 4.79 Å². The van der Waals surface area contributed by atoms with Crippen LogP contribution in [0.25, 0.3) is 0 Å². The van der Waals surface area contributed by atoms with E-state index < -0.39 is 12.1 Å². The Morgan fingerprint density at radius 2 is 1.94 bits per heavy atom. The third-order valence-electron chi connectivity index (χ3n) is 2.14. The number of carbonyl (C=O) groups excluding carboxylic acids is 2. The standard InChI is InChI=1S/C13H16NO4/c1-3-17-13(16)14(2)9-12(15)18-10-11-7-5-4-6-8-11/h3-8H,9-10H2,1-2H3. The fourth-order valence-corrected chi connectivity index (χ4v) is 1.23.